The Labute approximate surface area is 152 Å². The lowest BCUT2D eigenvalue weighted by atomic mass is 10.1. The van der Waals surface area contributed by atoms with Gasteiger partial charge in [0.15, 0.2) is 5.82 Å². The molecular formula is C19H23N5O2. The average Bonchev–Trinajstić information content (AvgIpc) is 3.14. The summed E-state index contributed by atoms with van der Waals surface area (Å²) in [6.07, 6.45) is 0.589. The predicted octanol–water partition coefficient (Wildman–Crippen LogP) is 3.39. The molecule has 136 valence electrons. The minimum atomic E-state index is -0.152. The molecule has 3 aromatic rings. The highest BCUT2D eigenvalue weighted by molar-refractivity contribution is 6.05. The Morgan fingerprint density at radius 3 is 2.46 bits per heavy atom. The van der Waals surface area contributed by atoms with Crippen LogP contribution in [0.25, 0.3) is 0 Å². The lowest BCUT2D eigenvalue weighted by molar-refractivity contribution is 0.102. The second-order valence-electron chi connectivity index (χ2n) is 6.70. The van der Waals surface area contributed by atoms with Crippen LogP contribution in [0.5, 0.6) is 0 Å². The Balaban J connectivity index is 1.68. The summed E-state index contributed by atoms with van der Waals surface area (Å²) in [7, 11) is 1.83. The summed E-state index contributed by atoms with van der Waals surface area (Å²) in [5, 5.41) is 11.2. The number of hydrogen-bond acceptors (Lipinski definition) is 5. The first-order valence-corrected chi connectivity index (χ1v) is 8.58. The lowest BCUT2D eigenvalue weighted by Gasteiger charge is -2.06. The third-order valence-electron chi connectivity index (χ3n) is 4.29. The maximum Gasteiger partial charge on any atom is 0.259 e. The fourth-order valence-corrected chi connectivity index (χ4v) is 2.76. The molecule has 0 spiro atoms. The molecule has 0 fully saturated rings. The highest BCUT2D eigenvalue weighted by Crippen LogP contribution is 2.18. The third kappa shape index (κ3) is 3.66. The van der Waals surface area contributed by atoms with E-state index in [0.29, 0.717) is 23.7 Å². The van der Waals surface area contributed by atoms with Crippen LogP contribution in [0.1, 0.15) is 58.8 Å². The van der Waals surface area contributed by atoms with Crippen LogP contribution >= 0.6 is 0 Å². The molecule has 26 heavy (non-hydrogen) atoms. The van der Waals surface area contributed by atoms with E-state index in [1.165, 1.54) is 0 Å². The van der Waals surface area contributed by atoms with Crippen molar-refractivity contribution >= 4 is 11.6 Å². The van der Waals surface area contributed by atoms with Gasteiger partial charge in [-0.2, -0.15) is 10.1 Å². The van der Waals surface area contributed by atoms with Gasteiger partial charge in [0.05, 0.1) is 11.3 Å². The second kappa shape index (κ2) is 7.11. The zero-order valence-electron chi connectivity index (χ0n) is 15.7. The number of anilines is 1. The zero-order valence-corrected chi connectivity index (χ0v) is 15.7. The van der Waals surface area contributed by atoms with Gasteiger partial charge >= 0.3 is 0 Å². The van der Waals surface area contributed by atoms with Crippen molar-refractivity contribution in [2.75, 3.05) is 5.32 Å². The van der Waals surface area contributed by atoms with Crippen molar-refractivity contribution in [1.29, 1.82) is 0 Å². The van der Waals surface area contributed by atoms with Crippen LogP contribution in [0, 0.1) is 13.8 Å². The number of hydrogen-bond donors (Lipinski definition) is 1. The Morgan fingerprint density at radius 1 is 1.23 bits per heavy atom. The average molecular weight is 353 g/mol. The Kier molecular flexibility index (Phi) is 4.88. The molecule has 0 bridgehead atoms. The molecule has 7 nitrogen and oxygen atoms in total. The highest BCUT2D eigenvalue weighted by Gasteiger charge is 2.17. The number of rotatable bonds is 5. The molecule has 0 atom stereocenters. The number of amides is 1. The largest absolute Gasteiger partial charge is 0.339 e. The molecule has 0 aliphatic rings. The number of carbonyl (C=O) groups is 1. The normalized spacial score (nSPS) is 11.2. The molecular weight excluding hydrogens is 330 g/mol. The fourth-order valence-electron chi connectivity index (χ4n) is 2.76. The van der Waals surface area contributed by atoms with Crippen LogP contribution in [-0.4, -0.2) is 25.8 Å². The van der Waals surface area contributed by atoms with Gasteiger partial charge in [-0.1, -0.05) is 31.1 Å². The number of aromatic nitrogens is 4. The molecule has 0 saturated carbocycles. The SMILES string of the molecule is Cc1nn(C)c(C)c1C(=O)Nc1ccc(Cc2noc(C(C)C)n2)cc1. The summed E-state index contributed by atoms with van der Waals surface area (Å²) in [4.78, 5) is 16.9. The van der Waals surface area contributed by atoms with Gasteiger partial charge in [0.25, 0.3) is 5.91 Å². The van der Waals surface area contributed by atoms with Gasteiger partial charge in [0.2, 0.25) is 5.89 Å². The summed E-state index contributed by atoms with van der Waals surface area (Å²) < 4.78 is 6.93. The predicted molar refractivity (Wildman–Crippen MR) is 98.3 cm³/mol. The van der Waals surface area contributed by atoms with Gasteiger partial charge < -0.3 is 9.84 Å². The quantitative estimate of drug-likeness (QED) is 0.760. The molecule has 0 unspecified atom stereocenters. The number of nitrogens with one attached hydrogen (secondary N) is 1. The number of aryl methyl sites for hydroxylation is 2. The summed E-state index contributed by atoms with van der Waals surface area (Å²) in [6.45, 7) is 7.75. The first kappa shape index (κ1) is 17.8. The molecule has 0 radical (unpaired) electrons. The van der Waals surface area contributed by atoms with E-state index >= 15 is 0 Å². The van der Waals surface area contributed by atoms with Crippen LogP contribution in [0.15, 0.2) is 28.8 Å². The summed E-state index contributed by atoms with van der Waals surface area (Å²) >= 11 is 0. The van der Waals surface area contributed by atoms with Crippen LogP contribution in [0.4, 0.5) is 5.69 Å². The first-order chi connectivity index (χ1) is 12.3. The van der Waals surface area contributed by atoms with E-state index in [2.05, 4.69) is 20.6 Å². The van der Waals surface area contributed by atoms with E-state index in [1.807, 2.05) is 59.0 Å². The van der Waals surface area contributed by atoms with Crippen molar-refractivity contribution in [3.8, 4) is 0 Å². The number of nitrogens with zero attached hydrogens (tertiary/aromatic N) is 4. The summed E-state index contributed by atoms with van der Waals surface area (Å²) in [5.41, 5.74) is 3.96. The molecule has 0 aliphatic heterocycles. The second-order valence-corrected chi connectivity index (χ2v) is 6.70. The lowest BCUT2D eigenvalue weighted by Crippen LogP contribution is -2.14. The molecule has 0 aliphatic carbocycles. The van der Waals surface area contributed by atoms with Gasteiger partial charge in [-0.25, -0.2) is 0 Å². The van der Waals surface area contributed by atoms with E-state index < -0.39 is 0 Å². The van der Waals surface area contributed by atoms with Crippen molar-refractivity contribution in [3.63, 3.8) is 0 Å². The molecule has 0 saturated heterocycles. The maximum absolute atomic E-state index is 12.5. The van der Waals surface area contributed by atoms with Crippen LogP contribution in [0.3, 0.4) is 0 Å². The topological polar surface area (TPSA) is 85.8 Å². The van der Waals surface area contributed by atoms with Crippen LogP contribution < -0.4 is 5.32 Å². The van der Waals surface area contributed by atoms with E-state index in [0.717, 1.165) is 22.6 Å². The Bertz CT molecular complexity index is 922. The minimum Gasteiger partial charge on any atom is -0.339 e. The van der Waals surface area contributed by atoms with Crippen molar-refractivity contribution in [2.45, 2.75) is 40.0 Å². The zero-order chi connectivity index (χ0) is 18.8. The van der Waals surface area contributed by atoms with E-state index in [1.54, 1.807) is 4.68 Å². The highest BCUT2D eigenvalue weighted by atomic mass is 16.5. The summed E-state index contributed by atoms with van der Waals surface area (Å²) in [5.74, 6) is 1.37. The monoisotopic (exact) mass is 353 g/mol. The third-order valence-corrected chi connectivity index (χ3v) is 4.29. The number of carbonyl (C=O) groups excluding carboxylic acids is 1. The Morgan fingerprint density at radius 2 is 1.92 bits per heavy atom. The minimum absolute atomic E-state index is 0.152. The van der Waals surface area contributed by atoms with E-state index in [9.17, 15) is 4.79 Å². The van der Waals surface area contributed by atoms with Crippen LogP contribution in [-0.2, 0) is 13.5 Å². The van der Waals surface area contributed by atoms with Crippen LogP contribution in [0.2, 0.25) is 0 Å². The molecule has 2 heterocycles. The smallest absolute Gasteiger partial charge is 0.259 e. The van der Waals surface area contributed by atoms with Gasteiger partial charge in [-0.05, 0) is 31.5 Å². The van der Waals surface area contributed by atoms with Gasteiger partial charge in [0, 0.05) is 30.8 Å². The van der Waals surface area contributed by atoms with E-state index in [4.69, 9.17) is 4.52 Å². The molecule has 2 aromatic heterocycles. The van der Waals surface area contributed by atoms with Crippen molar-refractivity contribution < 1.29 is 9.32 Å². The van der Waals surface area contributed by atoms with E-state index in [-0.39, 0.29) is 11.8 Å². The standard InChI is InChI=1S/C19H23N5O2/c1-11(2)19-21-16(23-26-19)10-14-6-8-15(9-7-14)20-18(25)17-12(3)22-24(5)13(17)4/h6-9,11H,10H2,1-5H3,(H,20,25). The van der Waals surface area contributed by atoms with Gasteiger partial charge in [0.1, 0.15) is 0 Å². The molecule has 1 amide bonds. The van der Waals surface area contributed by atoms with Gasteiger partial charge in [-0.15, -0.1) is 0 Å². The van der Waals surface area contributed by atoms with Crippen molar-refractivity contribution in [1.82, 2.24) is 19.9 Å². The molecule has 1 aromatic carbocycles. The maximum atomic E-state index is 12.5. The summed E-state index contributed by atoms with van der Waals surface area (Å²) in [6, 6.07) is 7.64. The number of benzene rings is 1. The van der Waals surface area contributed by atoms with Crippen molar-refractivity contribution in [2.24, 2.45) is 7.05 Å². The fraction of sp³-hybridized carbons (Fsp3) is 0.368. The first-order valence-electron chi connectivity index (χ1n) is 8.58. The van der Waals surface area contributed by atoms with Crippen molar-refractivity contribution in [3.05, 3.63) is 58.5 Å². The molecule has 1 N–H and O–H groups in total. The Hall–Kier alpha value is -2.96. The molecule has 3 rings (SSSR count). The molecule has 7 heteroatoms. The van der Waals surface area contributed by atoms with Gasteiger partial charge in [-0.3, -0.25) is 9.48 Å².